The van der Waals surface area contributed by atoms with Gasteiger partial charge >= 0.3 is 0 Å². The Balaban J connectivity index is 1.50. The summed E-state index contributed by atoms with van der Waals surface area (Å²) < 4.78 is 1.93. The lowest BCUT2D eigenvalue weighted by Crippen LogP contribution is -2.35. The quantitative estimate of drug-likeness (QED) is 0.446. The van der Waals surface area contributed by atoms with Crippen LogP contribution in [0.15, 0.2) is 60.7 Å². The minimum absolute atomic E-state index is 0.0926. The van der Waals surface area contributed by atoms with E-state index >= 15 is 0 Å². The summed E-state index contributed by atoms with van der Waals surface area (Å²) in [4.78, 5) is 27.2. The molecule has 1 fully saturated rings. The van der Waals surface area contributed by atoms with Crippen LogP contribution in [0.2, 0.25) is 0 Å². The molecule has 5 rings (SSSR count). The fourth-order valence-corrected chi connectivity index (χ4v) is 4.61. The van der Waals surface area contributed by atoms with Gasteiger partial charge in [-0.3, -0.25) is 4.79 Å². The number of aryl methyl sites for hydroxylation is 2. The van der Waals surface area contributed by atoms with E-state index in [4.69, 9.17) is 15.1 Å². The van der Waals surface area contributed by atoms with E-state index in [9.17, 15) is 4.79 Å². The number of hydrogen-bond acceptors (Lipinski definition) is 5. The van der Waals surface area contributed by atoms with Crippen LogP contribution >= 0.6 is 0 Å². The van der Waals surface area contributed by atoms with Gasteiger partial charge in [0.1, 0.15) is 11.6 Å². The number of fused-ring (bicyclic) bond motifs is 1. The zero-order valence-corrected chi connectivity index (χ0v) is 19.8. The van der Waals surface area contributed by atoms with Crippen molar-refractivity contribution in [3.63, 3.8) is 0 Å². The summed E-state index contributed by atoms with van der Waals surface area (Å²) >= 11 is 0. The lowest BCUT2D eigenvalue weighted by Gasteiger charge is -2.24. The van der Waals surface area contributed by atoms with Crippen LogP contribution in [0.4, 0.5) is 5.82 Å². The predicted molar refractivity (Wildman–Crippen MR) is 135 cm³/mol. The second-order valence-electron chi connectivity index (χ2n) is 8.74. The predicted octanol–water partition coefficient (Wildman–Crippen LogP) is 4.43. The van der Waals surface area contributed by atoms with Crippen molar-refractivity contribution in [3.8, 4) is 5.69 Å². The van der Waals surface area contributed by atoms with Crippen molar-refractivity contribution in [2.24, 2.45) is 0 Å². The summed E-state index contributed by atoms with van der Waals surface area (Å²) in [5.41, 5.74) is 3.49. The molecule has 34 heavy (non-hydrogen) atoms. The van der Waals surface area contributed by atoms with Gasteiger partial charge in [-0.05, 0) is 44.0 Å². The van der Waals surface area contributed by atoms with Gasteiger partial charge in [-0.25, -0.2) is 14.6 Å². The first-order valence-electron chi connectivity index (χ1n) is 12.1. The molecule has 0 spiro atoms. The van der Waals surface area contributed by atoms with Crippen LogP contribution in [0.5, 0.6) is 0 Å². The van der Waals surface area contributed by atoms with Crippen LogP contribution in [0.1, 0.15) is 41.6 Å². The molecule has 2 aromatic heterocycles. The second kappa shape index (κ2) is 9.63. The van der Waals surface area contributed by atoms with Crippen LogP contribution in [-0.2, 0) is 6.42 Å². The van der Waals surface area contributed by atoms with Gasteiger partial charge in [0.15, 0.2) is 5.65 Å². The fraction of sp³-hybridized carbons (Fsp3) is 0.333. The SMILES string of the molecule is CCCc1nc(N2CCCN(C(=O)c3ccccc3)CC2)c2c(C)nn(-c3ccccc3)c2n1. The number of anilines is 1. The molecule has 0 aliphatic carbocycles. The largest absolute Gasteiger partial charge is 0.354 e. The van der Waals surface area contributed by atoms with Gasteiger partial charge < -0.3 is 9.80 Å². The number of carbonyl (C=O) groups is 1. The average Bonchev–Trinajstić information content (AvgIpc) is 3.04. The Hall–Kier alpha value is -3.74. The summed E-state index contributed by atoms with van der Waals surface area (Å²) in [6.07, 6.45) is 2.68. The van der Waals surface area contributed by atoms with Gasteiger partial charge in [0.25, 0.3) is 5.91 Å². The monoisotopic (exact) mass is 454 g/mol. The Bertz CT molecular complexity index is 1280. The third-order valence-electron chi connectivity index (χ3n) is 6.31. The van der Waals surface area contributed by atoms with Crippen molar-refractivity contribution in [3.05, 3.63) is 77.7 Å². The summed E-state index contributed by atoms with van der Waals surface area (Å²) in [5.74, 6) is 1.86. The summed E-state index contributed by atoms with van der Waals surface area (Å²) in [6, 6.07) is 19.7. The Labute approximate surface area is 200 Å². The highest BCUT2D eigenvalue weighted by atomic mass is 16.2. The number of nitrogens with zero attached hydrogens (tertiary/aromatic N) is 6. The molecule has 4 aromatic rings. The molecule has 1 saturated heterocycles. The highest BCUT2D eigenvalue weighted by molar-refractivity contribution is 5.94. The minimum atomic E-state index is 0.0926. The first-order chi connectivity index (χ1) is 16.7. The van der Waals surface area contributed by atoms with Crippen molar-refractivity contribution in [1.29, 1.82) is 0 Å². The number of hydrogen-bond donors (Lipinski definition) is 0. The summed E-state index contributed by atoms with van der Waals surface area (Å²) in [7, 11) is 0. The smallest absolute Gasteiger partial charge is 0.253 e. The zero-order chi connectivity index (χ0) is 23.5. The highest BCUT2D eigenvalue weighted by Crippen LogP contribution is 2.30. The molecule has 0 atom stereocenters. The molecule has 174 valence electrons. The first-order valence-corrected chi connectivity index (χ1v) is 12.1. The van der Waals surface area contributed by atoms with Crippen molar-refractivity contribution in [2.75, 3.05) is 31.1 Å². The van der Waals surface area contributed by atoms with Gasteiger partial charge in [-0.1, -0.05) is 43.3 Å². The van der Waals surface area contributed by atoms with Gasteiger partial charge in [0.2, 0.25) is 0 Å². The van der Waals surface area contributed by atoms with Crippen LogP contribution < -0.4 is 4.90 Å². The molecule has 7 heteroatoms. The first kappa shape index (κ1) is 22.1. The van der Waals surface area contributed by atoms with E-state index in [-0.39, 0.29) is 5.91 Å². The van der Waals surface area contributed by atoms with E-state index in [1.54, 1.807) is 0 Å². The molecular weight excluding hydrogens is 424 g/mol. The molecule has 0 radical (unpaired) electrons. The Morgan fingerprint density at radius 3 is 2.38 bits per heavy atom. The zero-order valence-electron chi connectivity index (χ0n) is 19.8. The number of carbonyl (C=O) groups excluding carboxylic acids is 1. The molecule has 0 saturated carbocycles. The Morgan fingerprint density at radius 1 is 0.912 bits per heavy atom. The van der Waals surface area contributed by atoms with E-state index in [1.807, 2.05) is 77.2 Å². The maximum Gasteiger partial charge on any atom is 0.253 e. The topological polar surface area (TPSA) is 67.2 Å². The molecule has 0 bridgehead atoms. The number of rotatable bonds is 5. The number of para-hydroxylation sites is 1. The Morgan fingerprint density at radius 2 is 1.65 bits per heavy atom. The molecule has 7 nitrogen and oxygen atoms in total. The van der Waals surface area contributed by atoms with Crippen molar-refractivity contribution in [1.82, 2.24) is 24.6 Å². The normalized spacial score (nSPS) is 14.4. The number of amides is 1. The summed E-state index contributed by atoms with van der Waals surface area (Å²) in [6.45, 7) is 7.14. The van der Waals surface area contributed by atoms with Gasteiger partial charge in [-0.15, -0.1) is 0 Å². The average molecular weight is 455 g/mol. The van der Waals surface area contributed by atoms with Crippen LogP contribution in [0.3, 0.4) is 0 Å². The van der Waals surface area contributed by atoms with E-state index in [1.165, 1.54) is 0 Å². The van der Waals surface area contributed by atoms with Crippen molar-refractivity contribution < 1.29 is 4.79 Å². The highest BCUT2D eigenvalue weighted by Gasteiger charge is 2.25. The minimum Gasteiger partial charge on any atom is -0.354 e. The van der Waals surface area contributed by atoms with Crippen molar-refractivity contribution >= 4 is 22.8 Å². The van der Waals surface area contributed by atoms with E-state index < -0.39 is 0 Å². The molecule has 1 aliphatic heterocycles. The third kappa shape index (κ3) is 4.25. The second-order valence-corrected chi connectivity index (χ2v) is 8.74. The maximum atomic E-state index is 13.0. The van der Waals surface area contributed by atoms with Gasteiger partial charge in [-0.2, -0.15) is 5.10 Å². The molecule has 2 aromatic carbocycles. The van der Waals surface area contributed by atoms with E-state index in [0.717, 1.165) is 78.5 Å². The van der Waals surface area contributed by atoms with Gasteiger partial charge in [0, 0.05) is 38.2 Å². The van der Waals surface area contributed by atoms with Crippen LogP contribution in [-0.4, -0.2) is 56.7 Å². The van der Waals surface area contributed by atoms with Crippen LogP contribution in [0, 0.1) is 6.92 Å². The number of benzene rings is 2. The summed E-state index contributed by atoms with van der Waals surface area (Å²) in [5, 5.41) is 5.84. The molecule has 0 N–H and O–H groups in total. The third-order valence-corrected chi connectivity index (χ3v) is 6.31. The number of aromatic nitrogens is 4. The van der Waals surface area contributed by atoms with Crippen molar-refractivity contribution in [2.45, 2.75) is 33.1 Å². The molecular formula is C27H30N6O. The molecule has 0 unspecified atom stereocenters. The molecule has 1 aliphatic rings. The maximum absolute atomic E-state index is 13.0. The molecule has 1 amide bonds. The van der Waals surface area contributed by atoms with E-state index in [0.29, 0.717) is 6.54 Å². The fourth-order valence-electron chi connectivity index (χ4n) is 4.61. The van der Waals surface area contributed by atoms with Crippen LogP contribution in [0.25, 0.3) is 16.7 Å². The standard InChI is InChI=1S/C27H30N6O/c1-3-11-23-28-25(24-20(2)30-33(26(24)29-23)22-14-8-5-9-15-22)31-16-10-17-32(19-18-31)27(34)21-12-6-4-7-13-21/h4-9,12-15H,3,10-11,16-19H2,1-2H3. The van der Waals surface area contributed by atoms with Gasteiger partial charge in [0.05, 0.1) is 16.8 Å². The lowest BCUT2D eigenvalue weighted by molar-refractivity contribution is 0.0767. The lowest BCUT2D eigenvalue weighted by atomic mass is 10.2. The van der Waals surface area contributed by atoms with E-state index in [2.05, 4.69) is 11.8 Å². The molecule has 3 heterocycles. The Kier molecular flexibility index (Phi) is 6.25.